The number of carboxylic acids is 1. The highest BCUT2D eigenvalue weighted by Crippen LogP contribution is 2.20. The molecule has 1 saturated heterocycles. The van der Waals surface area contributed by atoms with Crippen LogP contribution in [0.15, 0.2) is 42.9 Å². The molecule has 16 N–H and O–H groups in total. The second-order valence-electron chi connectivity index (χ2n) is 14.0. The third-order valence-electron chi connectivity index (χ3n) is 9.34. The highest BCUT2D eigenvalue weighted by atomic mass is 16.4. The van der Waals surface area contributed by atoms with Gasteiger partial charge in [-0.25, -0.2) is 9.78 Å². The van der Waals surface area contributed by atoms with Crippen LogP contribution in [0, 0.1) is 0 Å². The summed E-state index contributed by atoms with van der Waals surface area (Å²) in [5.41, 5.74) is 15.6. The topological polar surface area (TPSA) is 386 Å². The molecule has 3 rings (SSSR count). The maximum absolute atomic E-state index is 14.2. The normalized spacial score (nSPS) is 17.2. The Kier molecular flexibility index (Phi) is 17.9. The van der Waals surface area contributed by atoms with Crippen LogP contribution in [0.3, 0.4) is 0 Å². The van der Waals surface area contributed by atoms with Crippen LogP contribution in [0.25, 0.3) is 0 Å². The van der Waals surface area contributed by atoms with Gasteiger partial charge >= 0.3 is 5.97 Å². The molecule has 2 heterocycles. The van der Waals surface area contributed by atoms with Gasteiger partial charge in [-0.15, -0.1) is 0 Å². The number of primary amides is 2. The summed E-state index contributed by atoms with van der Waals surface area (Å²) in [6.45, 7) is 0.286. The van der Waals surface area contributed by atoms with Gasteiger partial charge in [0.15, 0.2) is 12.1 Å². The van der Waals surface area contributed by atoms with Gasteiger partial charge in [0, 0.05) is 37.7 Å². The molecule has 0 aliphatic carbocycles. The minimum absolute atomic E-state index is 0.0299. The monoisotopic (exact) mass is 830 g/mol. The van der Waals surface area contributed by atoms with E-state index in [1.54, 1.807) is 24.3 Å². The van der Waals surface area contributed by atoms with E-state index in [1.165, 1.54) is 17.4 Å². The number of carbonyl (C=O) groups excluding carboxylic acids is 8. The van der Waals surface area contributed by atoms with Gasteiger partial charge < -0.3 is 69.0 Å². The largest absolute Gasteiger partial charge is 0.480 e. The molecule has 2 aromatic rings. The Bertz CT molecular complexity index is 1810. The summed E-state index contributed by atoms with van der Waals surface area (Å²) in [5, 5.41) is 40.9. The molecular formula is C36H52N11O12+. The summed E-state index contributed by atoms with van der Waals surface area (Å²) < 4.78 is 0. The van der Waals surface area contributed by atoms with Crippen LogP contribution in [0.2, 0.25) is 0 Å². The number of nitrogens with one attached hydrogen (secondary N) is 6. The van der Waals surface area contributed by atoms with Crippen molar-refractivity contribution in [2.45, 2.75) is 100 Å². The number of carboxylic acid groups (broad SMARTS) is 1. The van der Waals surface area contributed by atoms with Gasteiger partial charge in [0.1, 0.15) is 30.2 Å². The smallest absolute Gasteiger partial charge is 0.328 e. The number of carbonyl (C=O) groups is 9. The van der Waals surface area contributed by atoms with Gasteiger partial charge in [-0.3, -0.25) is 38.4 Å². The Morgan fingerprint density at radius 3 is 2.07 bits per heavy atom. The predicted octanol–water partition coefficient (Wildman–Crippen LogP) is -6.18. The van der Waals surface area contributed by atoms with Crippen LogP contribution < -0.4 is 43.8 Å². The molecule has 23 nitrogen and oxygen atoms in total. The van der Waals surface area contributed by atoms with E-state index < -0.39 is 127 Å². The maximum atomic E-state index is 14.2. The first kappa shape index (κ1) is 46.9. The Labute approximate surface area is 337 Å². The van der Waals surface area contributed by atoms with Crippen molar-refractivity contribution < 1.29 is 64.2 Å². The first-order valence-electron chi connectivity index (χ1n) is 18.7. The van der Waals surface area contributed by atoms with Crippen LogP contribution in [0.4, 0.5) is 0 Å². The molecule has 1 fully saturated rings. The fourth-order valence-corrected chi connectivity index (χ4v) is 6.22. The molecule has 1 aliphatic heterocycles. The maximum Gasteiger partial charge on any atom is 0.328 e. The lowest BCUT2D eigenvalue weighted by Gasteiger charge is -2.30. The average Bonchev–Trinajstić information content (AvgIpc) is 3.89. The first-order chi connectivity index (χ1) is 27.9. The Hall–Kier alpha value is -6.46. The van der Waals surface area contributed by atoms with E-state index in [2.05, 4.69) is 37.0 Å². The summed E-state index contributed by atoms with van der Waals surface area (Å²) >= 11 is 0. The van der Waals surface area contributed by atoms with E-state index in [-0.39, 0.29) is 25.8 Å². The second kappa shape index (κ2) is 22.5. The standard InChI is InChI=1S/C36H51N11O12/c1-18(49)29(36(58)59)46-32(54)23(14-28(39)51)43-31(53)22(9-10-27(38)50)42-34(56)26-8-5-11-47(26)35(57)24(13-20-15-40-17-41-20)44-33(55)25(16-48)45-30(52)21(37)12-19-6-3-2-4-7-19/h2-4,6-7,15,17-18,21-26,29,48-49H,5,8-14,16,37H2,1H3,(H2,38,50)(H2,39,51)(H,40,41)(H,42,56)(H,43,53)(H,44,55)(H,45,52)(H,46,54)(H,58,59)/p+1/t18-,21+,22+,23+,24+,25+,26+,29+/m1/s1. The van der Waals surface area contributed by atoms with Crippen molar-refractivity contribution in [3.63, 3.8) is 0 Å². The summed E-state index contributed by atoms with van der Waals surface area (Å²) in [5.74, 6) is -9.01. The van der Waals surface area contributed by atoms with E-state index in [0.29, 0.717) is 12.1 Å². The number of aromatic amines is 1. The number of aliphatic hydroxyl groups is 2. The van der Waals surface area contributed by atoms with Gasteiger partial charge in [0.05, 0.1) is 25.5 Å². The lowest BCUT2D eigenvalue weighted by atomic mass is 10.1. The summed E-state index contributed by atoms with van der Waals surface area (Å²) in [7, 11) is 0. The van der Waals surface area contributed by atoms with Crippen molar-refractivity contribution >= 4 is 53.2 Å². The minimum Gasteiger partial charge on any atom is -0.480 e. The molecule has 0 radical (unpaired) electrons. The molecule has 1 aromatic carbocycles. The zero-order chi connectivity index (χ0) is 43.8. The van der Waals surface area contributed by atoms with Gasteiger partial charge in [-0.2, -0.15) is 0 Å². The third kappa shape index (κ3) is 14.5. The van der Waals surface area contributed by atoms with Gasteiger partial charge in [-0.05, 0) is 31.7 Å². The fraction of sp³-hybridized carbons (Fsp3) is 0.500. The molecule has 0 spiro atoms. The third-order valence-corrected chi connectivity index (χ3v) is 9.34. The van der Waals surface area contributed by atoms with Crippen LogP contribution >= 0.6 is 0 Å². The molecule has 0 bridgehead atoms. The van der Waals surface area contributed by atoms with Gasteiger partial charge in [-0.1, -0.05) is 30.3 Å². The number of benzene rings is 1. The van der Waals surface area contributed by atoms with Crippen LogP contribution in [-0.2, 0) is 56.0 Å². The molecular weight excluding hydrogens is 778 g/mol. The van der Waals surface area contributed by atoms with E-state index in [4.69, 9.17) is 11.5 Å². The lowest BCUT2D eigenvalue weighted by Crippen LogP contribution is -2.70. The predicted molar refractivity (Wildman–Crippen MR) is 202 cm³/mol. The first-order valence-corrected chi connectivity index (χ1v) is 18.7. The van der Waals surface area contributed by atoms with Crippen molar-refractivity contribution in [1.29, 1.82) is 0 Å². The van der Waals surface area contributed by atoms with Crippen molar-refractivity contribution in [3.8, 4) is 0 Å². The SMILES string of the molecule is C[C@@H](O)[C@H](NC(=O)[C@H](CC(N)=O)NC(=O)[C@H](CCC(N)=O)NC(=O)[C@@H]1CCCN1C(=O)[C@H](Cc1cnc[nH]1)NC(=O)[C@H](CO)NC(=O)[C@@H]([NH3+])Cc1ccccc1)C(=O)O. The van der Waals surface area contributed by atoms with Crippen LogP contribution in [-0.4, -0.2) is 145 Å². The number of imidazole rings is 1. The summed E-state index contributed by atoms with van der Waals surface area (Å²) in [6.07, 6.45) is -0.00614. The van der Waals surface area contributed by atoms with Gasteiger partial charge in [0.25, 0.3) is 5.91 Å². The number of quaternary nitrogens is 1. The Morgan fingerprint density at radius 2 is 1.49 bits per heavy atom. The van der Waals surface area contributed by atoms with Gasteiger partial charge in [0.2, 0.25) is 41.4 Å². The zero-order valence-corrected chi connectivity index (χ0v) is 32.3. The van der Waals surface area contributed by atoms with Crippen molar-refractivity contribution in [2.24, 2.45) is 11.5 Å². The number of hydrogen-bond acceptors (Lipinski definition) is 12. The van der Waals surface area contributed by atoms with E-state index in [0.717, 1.165) is 12.5 Å². The van der Waals surface area contributed by atoms with E-state index in [9.17, 15) is 58.5 Å². The average molecular weight is 831 g/mol. The highest BCUT2D eigenvalue weighted by Gasteiger charge is 2.40. The Balaban J connectivity index is 1.79. The van der Waals surface area contributed by atoms with Crippen molar-refractivity contribution in [2.75, 3.05) is 13.2 Å². The molecule has 59 heavy (non-hydrogen) atoms. The van der Waals surface area contributed by atoms with E-state index in [1.807, 2.05) is 11.4 Å². The molecule has 8 amide bonds. The number of hydrogen-bond donors (Lipinski definition) is 12. The number of rotatable bonds is 23. The summed E-state index contributed by atoms with van der Waals surface area (Å²) in [4.78, 5) is 124. The number of aliphatic carboxylic acids is 1. The quantitative estimate of drug-likeness (QED) is 0.0497. The molecule has 8 atom stereocenters. The van der Waals surface area contributed by atoms with Crippen LogP contribution in [0.5, 0.6) is 0 Å². The number of aromatic nitrogens is 2. The number of nitrogens with two attached hydrogens (primary N) is 2. The fourth-order valence-electron chi connectivity index (χ4n) is 6.22. The Morgan fingerprint density at radius 1 is 0.864 bits per heavy atom. The number of aliphatic hydroxyl groups excluding tert-OH is 2. The molecule has 322 valence electrons. The van der Waals surface area contributed by atoms with Crippen LogP contribution in [0.1, 0.15) is 50.3 Å². The van der Waals surface area contributed by atoms with Crippen molar-refractivity contribution in [1.82, 2.24) is 41.5 Å². The molecule has 0 saturated carbocycles. The summed E-state index contributed by atoms with van der Waals surface area (Å²) in [6, 6.07) is -1.08. The number of likely N-dealkylation sites (tertiary alicyclic amines) is 1. The highest BCUT2D eigenvalue weighted by molar-refractivity contribution is 5.98. The minimum atomic E-state index is -1.83. The second-order valence-corrected chi connectivity index (χ2v) is 14.0. The molecule has 1 aromatic heterocycles. The number of H-pyrrole nitrogens is 1. The molecule has 23 heteroatoms. The van der Waals surface area contributed by atoms with Crippen molar-refractivity contribution in [3.05, 3.63) is 54.1 Å². The van der Waals surface area contributed by atoms with E-state index >= 15 is 0 Å². The zero-order valence-electron chi connectivity index (χ0n) is 32.3. The number of amides is 8. The number of nitrogens with zero attached hydrogens (tertiary/aromatic N) is 2. The lowest BCUT2D eigenvalue weighted by molar-refractivity contribution is -0.403. The molecule has 1 aliphatic rings. The molecule has 0 unspecified atom stereocenters.